The van der Waals surface area contributed by atoms with E-state index in [2.05, 4.69) is 50.4 Å². The lowest BCUT2D eigenvalue weighted by molar-refractivity contribution is -0.129. The first-order valence-electron chi connectivity index (χ1n) is 12.4. The molecule has 1 aliphatic heterocycles. The standard InChI is InChI=1S/C25H35N7O/c1-16-15-27-24(28-20-3-4-26-21(11-20)32-7-5-31(2)6-8-32)30-23(16)29-22-18-9-17-10-19(22)14-25(33,12-17)13-18/h3-4,11,15,17-19,22,33H,5-10,12-14H2,1-2H3,(H2,26,27,28,29,30). The average molecular weight is 450 g/mol. The summed E-state index contributed by atoms with van der Waals surface area (Å²) in [6.07, 6.45) is 9.08. The molecule has 4 saturated carbocycles. The van der Waals surface area contributed by atoms with E-state index in [1.807, 2.05) is 18.5 Å². The smallest absolute Gasteiger partial charge is 0.229 e. The van der Waals surface area contributed by atoms with Crippen molar-refractivity contribution in [3.63, 3.8) is 0 Å². The number of hydrogen-bond donors (Lipinski definition) is 3. The minimum atomic E-state index is -0.412. The van der Waals surface area contributed by atoms with E-state index < -0.39 is 5.60 Å². The maximum absolute atomic E-state index is 10.9. The molecule has 5 aliphatic rings. The number of nitrogens with one attached hydrogen (secondary N) is 2. The molecular weight excluding hydrogens is 414 g/mol. The van der Waals surface area contributed by atoms with Crippen LogP contribution in [0.15, 0.2) is 24.5 Å². The second kappa shape index (κ2) is 8.09. The first-order chi connectivity index (χ1) is 15.9. The number of likely N-dealkylation sites (N-methyl/N-ethyl adjacent to an activating group) is 1. The molecular formula is C25H35N7O. The predicted molar refractivity (Wildman–Crippen MR) is 130 cm³/mol. The summed E-state index contributed by atoms with van der Waals surface area (Å²) in [6.45, 7) is 6.14. The van der Waals surface area contributed by atoms with Gasteiger partial charge in [-0.25, -0.2) is 9.97 Å². The van der Waals surface area contributed by atoms with E-state index in [4.69, 9.17) is 4.98 Å². The molecule has 8 nitrogen and oxygen atoms in total. The van der Waals surface area contributed by atoms with Crippen LogP contribution in [-0.4, -0.2) is 69.8 Å². The van der Waals surface area contributed by atoms with Gasteiger partial charge in [0.05, 0.1) is 5.60 Å². The third-order valence-electron chi connectivity index (χ3n) is 8.34. The third-order valence-corrected chi connectivity index (χ3v) is 8.34. The van der Waals surface area contributed by atoms with Gasteiger partial charge in [-0.15, -0.1) is 0 Å². The summed E-state index contributed by atoms with van der Waals surface area (Å²) in [5.41, 5.74) is 1.59. The van der Waals surface area contributed by atoms with E-state index in [0.29, 0.717) is 29.7 Å². The fourth-order valence-corrected chi connectivity index (χ4v) is 6.86. The van der Waals surface area contributed by atoms with Gasteiger partial charge in [-0.1, -0.05) is 0 Å². The quantitative estimate of drug-likeness (QED) is 0.642. The van der Waals surface area contributed by atoms with Gasteiger partial charge < -0.3 is 25.5 Å². The Morgan fingerprint density at radius 1 is 1.06 bits per heavy atom. The zero-order valence-corrected chi connectivity index (χ0v) is 19.7. The summed E-state index contributed by atoms with van der Waals surface area (Å²) in [5.74, 6) is 4.28. The topological polar surface area (TPSA) is 89.4 Å². The van der Waals surface area contributed by atoms with Crippen LogP contribution in [0.5, 0.6) is 0 Å². The van der Waals surface area contributed by atoms with Crippen LogP contribution in [-0.2, 0) is 0 Å². The molecule has 2 aromatic rings. The molecule has 4 bridgehead atoms. The SMILES string of the molecule is Cc1cnc(Nc2ccnc(N3CCN(C)CC3)c2)nc1NC1C2CC3CC1CC(O)(C3)C2. The summed E-state index contributed by atoms with van der Waals surface area (Å²) in [5, 5.41) is 18.1. The predicted octanol–water partition coefficient (Wildman–Crippen LogP) is 3.03. The van der Waals surface area contributed by atoms with Gasteiger partial charge in [0.15, 0.2) is 0 Å². The van der Waals surface area contributed by atoms with Gasteiger partial charge in [0.25, 0.3) is 0 Å². The number of aryl methyl sites for hydroxylation is 1. The fraction of sp³-hybridized carbons (Fsp3) is 0.640. The minimum absolute atomic E-state index is 0.396. The molecule has 1 saturated heterocycles. The Morgan fingerprint density at radius 3 is 2.55 bits per heavy atom. The zero-order valence-electron chi connectivity index (χ0n) is 19.7. The van der Waals surface area contributed by atoms with Crippen molar-refractivity contribution in [2.45, 2.75) is 50.7 Å². The average Bonchev–Trinajstić information content (AvgIpc) is 2.78. The fourth-order valence-electron chi connectivity index (χ4n) is 6.86. The van der Waals surface area contributed by atoms with Crippen molar-refractivity contribution in [3.8, 4) is 0 Å². The highest BCUT2D eigenvalue weighted by Crippen LogP contribution is 2.56. The summed E-state index contributed by atoms with van der Waals surface area (Å²) in [6, 6.07) is 4.45. The molecule has 7 rings (SSSR count). The second-order valence-electron chi connectivity index (χ2n) is 10.9. The molecule has 8 heteroatoms. The van der Waals surface area contributed by atoms with Crippen molar-refractivity contribution in [1.82, 2.24) is 19.9 Å². The minimum Gasteiger partial charge on any atom is -0.390 e. The number of nitrogens with zero attached hydrogens (tertiary/aromatic N) is 5. The van der Waals surface area contributed by atoms with E-state index in [1.165, 1.54) is 12.8 Å². The van der Waals surface area contributed by atoms with Crippen LogP contribution in [0.25, 0.3) is 0 Å². The highest BCUT2D eigenvalue weighted by Gasteiger charge is 2.54. The van der Waals surface area contributed by atoms with Gasteiger partial charge in [-0.05, 0) is 69.9 Å². The number of piperazine rings is 1. The lowest BCUT2D eigenvalue weighted by Crippen LogP contribution is -2.59. The number of aliphatic hydroxyl groups is 1. The van der Waals surface area contributed by atoms with E-state index in [0.717, 1.165) is 68.3 Å². The lowest BCUT2D eigenvalue weighted by atomic mass is 9.52. The Bertz CT molecular complexity index is 1010. The van der Waals surface area contributed by atoms with E-state index in [1.54, 1.807) is 0 Å². The van der Waals surface area contributed by atoms with Crippen molar-refractivity contribution >= 4 is 23.3 Å². The molecule has 3 heterocycles. The Hall–Kier alpha value is -2.45. The van der Waals surface area contributed by atoms with Crippen LogP contribution in [0.1, 0.15) is 37.7 Å². The molecule has 0 radical (unpaired) electrons. The van der Waals surface area contributed by atoms with Crippen molar-refractivity contribution in [2.24, 2.45) is 17.8 Å². The van der Waals surface area contributed by atoms with Crippen molar-refractivity contribution in [3.05, 3.63) is 30.1 Å². The monoisotopic (exact) mass is 449 g/mol. The normalized spacial score (nSPS) is 33.4. The molecule has 176 valence electrons. The molecule has 2 aromatic heterocycles. The molecule has 4 aliphatic carbocycles. The van der Waals surface area contributed by atoms with E-state index in [-0.39, 0.29) is 0 Å². The summed E-state index contributed by atoms with van der Waals surface area (Å²) in [4.78, 5) is 18.6. The Morgan fingerprint density at radius 2 is 1.82 bits per heavy atom. The molecule has 5 fully saturated rings. The lowest BCUT2D eigenvalue weighted by Gasteiger charge is -2.58. The Kier molecular flexibility index (Phi) is 5.18. The number of hydrogen-bond acceptors (Lipinski definition) is 8. The molecule has 2 unspecified atom stereocenters. The van der Waals surface area contributed by atoms with Crippen LogP contribution in [0.3, 0.4) is 0 Å². The molecule has 0 spiro atoms. The number of pyridine rings is 1. The van der Waals surface area contributed by atoms with Gasteiger partial charge in [-0.3, -0.25) is 0 Å². The van der Waals surface area contributed by atoms with Crippen LogP contribution in [0.4, 0.5) is 23.3 Å². The number of anilines is 4. The van der Waals surface area contributed by atoms with Crippen LogP contribution in [0, 0.1) is 24.7 Å². The van der Waals surface area contributed by atoms with Gasteiger partial charge in [0.2, 0.25) is 5.95 Å². The molecule has 33 heavy (non-hydrogen) atoms. The maximum atomic E-state index is 10.9. The number of rotatable bonds is 5. The number of aromatic nitrogens is 3. The van der Waals surface area contributed by atoms with Crippen molar-refractivity contribution in [1.29, 1.82) is 0 Å². The molecule has 0 amide bonds. The van der Waals surface area contributed by atoms with Crippen molar-refractivity contribution in [2.75, 3.05) is 48.8 Å². The highest BCUT2D eigenvalue weighted by atomic mass is 16.3. The maximum Gasteiger partial charge on any atom is 0.229 e. The zero-order chi connectivity index (χ0) is 22.6. The third kappa shape index (κ3) is 4.15. The van der Waals surface area contributed by atoms with Crippen molar-refractivity contribution < 1.29 is 5.11 Å². The Labute approximate surface area is 195 Å². The van der Waals surface area contributed by atoms with Crippen LogP contribution < -0.4 is 15.5 Å². The first kappa shape index (κ1) is 21.1. The molecule has 0 aromatic carbocycles. The van der Waals surface area contributed by atoms with Crippen LogP contribution in [0.2, 0.25) is 0 Å². The molecule has 3 N–H and O–H groups in total. The summed E-state index contributed by atoms with van der Waals surface area (Å²) >= 11 is 0. The molecule has 2 atom stereocenters. The van der Waals surface area contributed by atoms with Crippen LogP contribution >= 0.6 is 0 Å². The van der Waals surface area contributed by atoms with Gasteiger partial charge in [-0.2, -0.15) is 4.98 Å². The highest BCUT2D eigenvalue weighted by molar-refractivity contribution is 5.60. The van der Waals surface area contributed by atoms with Gasteiger partial charge in [0.1, 0.15) is 11.6 Å². The van der Waals surface area contributed by atoms with E-state index in [9.17, 15) is 5.11 Å². The summed E-state index contributed by atoms with van der Waals surface area (Å²) < 4.78 is 0. The van der Waals surface area contributed by atoms with Gasteiger partial charge >= 0.3 is 0 Å². The van der Waals surface area contributed by atoms with Gasteiger partial charge in [0, 0.05) is 61.9 Å². The first-order valence-corrected chi connectivity index (χ1v) is 12.4. The second-order valence-corrected chi connectivity index (χ2v) is 10.9. The summed E-state index contributed by atoms with van der Waals surface area (Å²) in [7, 11) is 2.16. The van der Waals surface area contributed by atoms with E-state index >= 15 is 0 Å². The Balaban J connectivity index is 1.17. The largest absolute Gasteiger partial charge is 0.390 e.